The molecule has 6 aromatic rings. The van der Waals surface area contributed by atoms with Crippen LogP contribution >= 0.6 is 10.0 Å². The van der Waals surface area contributed by atoms with Crippen LogP contribution in [0.1, 0.15) is 40.8 Å². The molecule has 0 bridgehead atoms. The van der Waals surface area contributed by atoms with Crippen molar-refractivity contribution < 1.29 is 41.0 Å². The van der Waals surface area contributed by atoms with Gasteiger partial charge in [0.25, 0.3) is 11.1 Å². The molecule has 2 unspecified atom stereocenters. The third kappa shape index (κ3) is 9.30. The lowest BCUT2D eigenvalue weighted by Crippen LogP contribution is -2.46. The van der Waals surface area contributed by atoms with Gasteiger partial charge in [-0.05, 0) is 92.7 Å². The molecule has 0 radical (unpaired) electrons. The summed E-state index contributed by atoms with van der Waals surface area (Å²) in [5.74, 6) is -1.69. The van der Waals surface area contributed by atoms with Gasteiger partial charge in [0.15, 0.2) is 6.29 Å². The summed E-state index contributed by atoms with van der Waals surface area (Å²) in [7, 11) is -6.40. The van der Waals surface area contributed by atoms with Gasteiger partial charge in [0, 0.05) is 84.0 Å². The van der Waals surface area contributed by atoms with Crippen LogP contribution in [0.5, 0.6) is 5.75 Å². The molecule has 9 rings (SSSR count). The van der Waals surface area contributed by atoms with Gasteiger partial charge < -0.3 is 28.9 Å². The molecule has 4 atom stereocenters. The van der Waals surface area contributed by atoms with Crippen molar-refractivity contribution in [3.8, 4) is 5.75 Å². The van der Waals surface area contributed by atoms with Crippen molar-refractivity contribution in [1.82, 2.24) is 34.4 Å². The predicted molar refractivity (Wildman–Crippen MR) is 247 cm³/mol. The predicted octanol–water partition coefficient (Wildman–Crippen LogP) is 6.52. The minimum atomic E-state index is -3.84. The third-order valence-electron chi connectivity index (χ3n) is 12.1. The standard InChI is InChI=1S/C47H49F2N9O7S2/c1-32(2)58-26-43(41-7-4-8-42(53-41)45(59)54-66(3,61)62)67(46(58)60,38-6-5-19-50-25-38)37-16-12-35(13-17-37)56-22-20-55(21-23-56)34-10-14-36(15-11-34)63-27-44-64-29-47(65-44,28-57-31-51-30-52-57)39-18-9-33(48)24-40(39)49/h4-19,24-25,30-32,43-44H,20-23,26-29H2,1-3H3,(H,54,59)/t43?,44-,47+/m0/s1. The molecule has 0 saturated carbocycles. The van der Waals surface area contributed by atoms with Crippen molar-refractivity contribution in [2.24, 2.45) is 0 Å². The lowest BCUT2D eigenvalue weighted by molar-refractivity contribution is -0.117. The number of amides is 2. The number of carbonyl (C=O) groups is 2. The zero-order chi connectivity index (χ0) is 46.9. The number of nitrogens with zero attached hydrogens (tertiary/aromatic N) is 8. The Morgan fingerprint density at radius 1 is 0.925 bits per heavy atom. The highest BCUT2D eigenvalue weighted by Gasteiger charge is 2.54. The maximum Gasteiger partial charge on any atom is 0.283 e. The summed E-state index contributed by atoms with van der Waals surface area (Å²) >= 11 is 0. The first kappa shape index (κ1) is 45.7. The van der Waals surface area contributed by atoms with Gasteiger partial charge in [0.2, 0.25) is 10.0 Å². The number of ether oxygens (including phenoxy) is 3. The number of rotatable bonds is 14. The molecule has 0 spiro atoms. The summed E-state index contributed by atoms with van der Waals surface area (Å²) < 4.78 is 74.5. The normalized spacial score (nSPS) is 23.1. The van der Waals surface area contributed by atoms with Crippen LogP contribution < -0.4 is 19.3 Å². The molecule has 350 valence electrons. The van der Waals surface area contributed by atoms with Gasteiger partial charge in [0.1, 0.15) is 47.9 Å². The average Bonchev–Trinajstić information content (AvgIpc) is 4.07. The Morgan fingerprint density at radius 2 is 1.64 bits per heavy atom. The second kappa shape index (κ2) is 18.7. The molecule has 3 aromatic heterocycles. The van der Waals surface area contributed by atoms with Crippen molar-refractivity contribution in [3.63, 3.8) is 0 Å². The molecular weight excluding hydrogens is 905 g/mol. The largest absolute Gasteiger partial charge is 0.488 e. The zero-order valence-electron chi connectivity index (χ0n) is 36.9. The van der Waals surface area contributed by atoms with Gasteiger partial charge >= 0.3 is 0 Å². The van der Waals surface area contributed by atoms with E-state index in [1.165, 1.54) is 35.5 Å². The van der Waals surface area contributed by atoms with Crippen LogP contribution in [0.4, 0.5) is 25.0 Å². The molecule has 0 aliphatic carbocycles. The van der Waals surface area contributed by atoms with E-state index >= 15 is 4.39 Å². The molecule has 3 fully saturated rings. The van der Waals surface area contributed by atoms with Crippen LogP contribution in [-0.4, -0.2) is 114 Å². The van der Waals surface area contributed by atoms with Crippen LogP contribution in [0.15, 0.2) is 132 Å². The minimum Gasteiger partial charge on any atom is -0.488 e. The van der Waals surface area contributed by atoms with Gasteiger partial charge in [0.05, 0.1) is 30.4 Å². The van der Waals surface area contributed by atoms with Crippen LogP contribution in [0.3, 0.4) is 0 Å². The maximum absolute atomic E-state index is 15.1. The Morgan fingerprint density at radius 3 is 2.27 bits per heavy atom. The highest BCUT2D eigenvalue weighted by Crippen LogP contribution is 2.75. The fraction of sp³-hybridized carbons (Fsp3) is 0.319. The topological polar surface area (TPSA) is 174 Å². The van der Waals surface area contributed by atoms with Crippen molar-refractivity contribution in [2.45, 2.75) is 53.4 Å². The van der Waals surface area contributed by atoms with E-state index in [4.69, 9.17) is 14.2 Å². The third-order valence-corrected chi connectivity index (χ3v) is 16.7. The first-order valence-electron chi connectivity index (χ1n) is 21.6. The first-order chi connectivity index (χ1) is 32.2. The Labute approximate surface area is 388 Å². The van der Waals surface area contributed by atoms with Gasteiger partial charge in [-0.25, -0.2) is 36.6 Å². The van der Waals surface area contributed by atoms with Gasteiger partial charge in [-0.15, -0.1) is 0 Å². The van der Waals surface area contributed by atoms with Gasteiger partial charge in [-0.2, -0.15) is 5.10 Å². The Hall–Kier alpha value is -6.48. The van der Waals surface area contributed by atoms with Gasteiger partial charge in [-0.1, -0.05) is 22.2 Å². The number of nitrogens with one attached hydrogen (secondary N) is 1. The number of piperazine rings is 1. The highest BCUT2D eigenvalue weighted by atomic mass is 32.3. The van der Waals surface area contributed by atoms with E-state index in [1.807, 2.05) is 72.0 Å². The molecule has 16 nitrogen and oxygen atoms in total. The molecule has 3 aliphatic heterocycles. The van der Waals surface area contributed by atoms with Crippen molar-refractivity contribution >= 4 is 42.6 Å². The van der Waals surface area contributed by atoms with E-state index < -0.39 is 54.7 Å². The van der Waals surface area contributed by atoms with Crippen LogP contribution in [0, 0.1) is 11.6 Å². The molecule has 67 heavy (non-hydrogen) atoms. The Balaban J connectivity index is 0.873. The van der Waals surface area contributed by atoms with Crippen molar-refractivity contribution in [3.05, 3.63) is 151 Å². The van der Waals surface area contributed by atoms with E-state index in [1.54, 1.807) is 24.5 Å². The molecule has 6 heterocycles. The van der Waals surface area contributed by atoms with Crippen molar-refractivity contribution in [2.75, 3.05) is 62.0 Å². The number of halogens is 2. The molecule has 3 saturated heterocycles. The number of anilines is 2. The lowest BCUT2D eigenvalue weighted by atomic mass is 9.94. The molecule has 1 N–H and O–H groups in total. The average molecular weight is 954 g/mol. The number of hydrogen-bond acceptors (Lipinski definition) is 13. The van der Waals surface area contributed by atoms with Crippen LogP contribution in [0.25, 0.3) is 0 Å². The van der Waals surface area contributed by atoms with Crippen LogP contribution in [-0.2, 0) is 31.6 Å². The Kier molecular flexibility index (Phi) is 12.7. The molecular formula is C47H49F2N9O7S2. The number of sulfonamides is 1. The molecule has 2 amide bonds. The fourth-order valence-electron chi connectivity index (χ4n) is 8.94. The SMILES string of the molecule is CC(C)N1CC(c2cccc(C(=O)NS(C)(=O)=O)n2)S(c2ccc(N3CCN(c4ccc(OC[C@H]5OC[C@](Cn6cncn6)(c6ccc(F)cc6F)O5)cc4)CC3)cc2)(c2cccnc2)C1=O. The van der Waals surface area contributed by atoms with E-state index in [0.717, 1.165) is 59.7 Å². The Bertz CT molecular complexity index is 2840. The summed E-state index contributed by atoms with van der Waals surface area (Å²) in [5, 5.41) is 3.64. The minimum absolute atomic E-state index is 0.00430. The second-order valence-electron chi connectivity index (χ2n) is 16.8. The summed E-state index contributed by atoms with van der Waals surface area (Å²) in [6.45, 7) is 7.41. The quantitative estimate of drug-likeness (QED) is 0.125. The van der Waals surface area contributed by atoms with Crippen molar-refractivity contribution in [1.29, 1.82) is 0 Å². The van der Waals surface area contributed by atoms with E-state index in [-0.39, 0.29) is 42.3 Å². The van der Waals surface area contributed by atoms with E-state index in [0.29, 0.717) is 18.0 Å². The monoisotopic (exact) mass is 953 g/mol. The number of benzene rings is 3. The first-order valence-corrected chi connectivity index (χ1v) is 25.2. The summed E-state index contributed by atoms with van der Waals surface area (Å²) in [6.07, 6.45) is 6.35. The molecule has 3 aromatic carbocycles. The number of hydrogen-bond donors (Lipinski definition) is 1. The summed E-state index contributed by atoms with van der Waals surface area (Å²) in [6, 6.07) is 27.8. The smallest absolute Gasteiger partial charge is 0.283 e. The molecule has 20 heteroatoms. The fourth-order valence-corrected chi connectivity index (χ4v) is 13.6. The molecule has 3 aliphatic rings. The maximum atomic E-state index is 15.1. The van der Waals surface area contributed by atoms with E-state index in [9.17, 15) is 22.4 Å². The summed E-state index contributed by atoms with van der Waals surface area (Å²) in [5.41, 5.74) is 1.37. The lowest BCUT2D eigenvalue weighted by Gasteiger charge is -2.40. The van der Waals surface area contributed by atoms with Crippen LogP contribution in [0.2, 0.25) is 0 Å². The summed E-state index contributed by atoms with van der Waals surface area (Å²) in [4.78, 5) is 49.1. The zero-order valence-corrected chi connectivity index (χ0v) is 38.6. The number of aromatic nitrogens is 5. The number of carbonyl (C=O) groups excluding carboxylic acids is 2. The number of pyridine rings is 2. The highest BCUT2D eigenvalue weighted by molar-refractivity contribution is 8.45. The second-order valence-corrected chi connectivity index (χ2v) is 21.8. The van der Waals surface area contributed by atoms with E-state index in [2.05, 4.69) is 42.0 Å². The van der Waals surface area contributed by atoms with Gasteiger partial charge in [-0.3, -0.25) is 14.6 Å².